The first-order valence-electron chi connectivity index (χ1n) is 11.2. The Morgan fingerprint density at radius 1 is 1.19 bits per heavy atom. The second-order valence-corrected chi connectivity index (χ2v) is 14.5. The number of hydrogen-bond acceptors (Lipinski definition) is 6. The number of rotatable bonds is 7. The van der Waals surface area contributed by atoms with Gasteiger partial charge >= 0.3 is 0 Å². The molecule has 1 aromatic carbocycles. The van der Waals surface area contributed by atoms with Gasteiger partial charge in [0, 0.05) is 31.6 Å². The second-order valence-electron chi connectivity index (χ2n) is 9.70. The van der Waals surface area contributed by atoms with Crippen LogP contribution in [0.2, 0.25) is 18.1 Å². The van der Waals surface area contributed by atoms with E-state index >= 15 is 0 Å². The minimum absolute atomic E-state index is 0.155. The molecule has 172 valence electrons. The topological polar surface area (TPSA) is 80.4 Å². The van der Waals surface area contributed by atoms with Crippen LogP contribution in [0.1, 0.15) is 38.4 Å². The van der Waals surface area contributed by atoms with Crippen molar-refractivity contribution in [2.24, 2.45) is 0 Å². The Kier molecular flexibility index (Phi) is 7.54. The molecule has 1 saturated heterocycles. The number of morpholine rings is 1. The average Bonchev–Trinajstić information content (AvgIpc) is 2.77. The van der Waals surface area contributed by atoms with E-state index in [1.165, 1.54) is 0 Å². The second kappa shape index (κ2) is 9.99. The van der Waals surface area contributed by atoms with E-state index in [0.29, 0.717) is 44.3 Å². The Morgan fingerprint density at radius 2 is 1.84 bits per heavy atom. The maximum absolute atomic E-state index is 13.3. The van der Waals surface area contributed by atoms with Crippen LogP contribution in [0.25, 0.3) is 5.69 Å². The molecule has 1 aliphatic heterocycles. The van der Waals surface area contributed by atoms with Gasteiger partial charge in [0.05, 0.1) is 30.5 Å². The van der Waals surface area contributed by atoms with Gasteiger partial charge < -0.3 is 14.1 Å². The van der Waals surface area contributed by atoms with Crippen molar-refractivity contribution >= 4 is 14.1 Å². The zero-order valence-electron chi connectivity index (χ0n) is 19.9. The largest absolute Gasteiger partial charge is 0.417 e. The van der Waals surface area contributed by atoms with Crippen molar-refractivity contribution in [3.8, 4) is 11.8 Å². The van der Waals surface area contributed by atoms with Gasteiger partial charge in [-0.05, 0) is 55.2 Å². The zero-order chi connectivity index (χ0) is 23.4. The van der Waals surface area contributed by atoms with Crippen molar-refractivity contribution in [1.82, 2.24) is 9.55 Å². The molecule has 0 amide bonds. The summed E-state index contributed by atoms with van der Waals surface area (Å²) in [6, 6.07) is 9.17. The van der Waals surface area contributed by atoms with E-state index < -0.39 is 8.32 Å². The standard InChI is InChI=1S/C24H34N4O3Si/c1-24(2,3)32(4,5)31-14-6-7-20-18-28(21-10-8-19(17-25)9-11-21)23(29)22(26-20)27-12-15-30-16-13-27/h8-11,18H,6-7,12-16H2,1-5H3. The number of nitriles is 1. The summed E-state index contributed by atoms with van der Waals surface area (Å²) < 4.78 is 13.4. The lowest BCUT2D eigenvalue weighted by Gasteiger charge is -2.36. The fourth-order valence-corrected chi connectivity index (χ4v) is 4.40. The predicted octanol–water partition coefficient (Wildman–Crippen LogP) is 3.90. The van der Waals surface area contributed by atoms with Gasteiger partial charge in [-0.2, -0.15) is 5.26 Å². The van der Waals surface area contributed by atoms with E-state index in [0.717, 1.165) is 24.2 Å². The molecular weight excluding hydrogens is 420 g/mol. The van der Waals surface area contributed by atoms with Crippen molar-refractivity contribution < 1.29 is 9.16 Å². The van der Waals surface area contributed by atoms with Gasteiger partial charge in [0.25, 0.3) is 5.56 Å². The Hall–Kier alpha value is -2.47. The Balaban J connectivity index is 1.85. The van der Waals surface area contributed by atoms with Gasteiger partial charge in [-0.25, -0.2) is 4.98 Å². The molecule has 3 rings (SSSR count). The molecule has 0 spiro atoms. The summed E-state index contributed by atoms with van der Waals surface area (Å²) in [7, 11) is -1.79. The van der Waals surface area contributed by atoms with Crippen LogP contribution in [-0.2, 0) is 15.6 Å². The van der Waals surface area contributed by atoms with Crippen molar-refractivity contribution in [2.75, 3.05) is 37.8 Å². The Morgan fingerprint density at radius 3 is 2.44 bits per heavy atom. The summed E-state index contributed by atoms with van der Waals surface area (Å²) in [6.45, 7) is 14.4. The van der Waals surface area contributed by atoms with Crippen LogP contribution >= 0.6 is 0 Å². The molecule has 0 radical (unpaired) electrons. The van der Waals surface area contributed by atoms with Crippen LogP contribution in [0, 0.1) is 11.3 Å². The molecule has 8 heteroatoms. The van der Waals surface area contributed by atoms with E-state index in [2.05, 4.69) is 39.9 Å². The SMILES string of the molecule is CC(C)(C)[Si](C)(C)OCCCc1cn(-c2ccc(C#N)cc2)c(=O)c(N2CCOCC2)n1. The van der Waals surface area contributed by atoms with Crippen LogP contribution in [0.3, 0.4) is 0 Å². The highest BCUT2D eigenvalue weighted by molar-refractivity contribution is 6.74. The number of hydrogen-bond donors (Lipinski definition) is 0. The molecule has 0 atom stereocenters. The van der Waals surface area contributed by atoms with Crippen molar-refractivity contribution in [2.45, 2.75) is 51.7 Å². The highest BCUT2D eigenvalue weighted by atomic mass is 28.4. The van der Waals surface area contributed by atoms with Gasteiger partial charge in [-0.15, -0.1) is 0 Å². The quantitative estimate of drug-likeness (QED) is 0.466. The van der Waals surface area contributed by atoms with Crippen LogP contribution in [0.5, 0.6) is 0 Å². The number of anilines is 1. The van der Waals surface area contributed by atoms with Crippen molar-refractivity contribution in [3.05, 3.63) is 52.1 Å². The third-order valence-electron chi connectivity index (χ3n) is 6.37. The lowest BCUT2D eigenvalue weighted by molar-refractivity contribution is 0.122. The molecular formula is C24H34N4O3Si. The summed E-state index contributed by atoms with van der Waals surface area (Å²) >= 11 is 0. The minimum Gasteiger partial charge on any atom is -0.417 e. The molecule has 0 bridgehead atoms. The van der Waals surface area contributed by atoms with E-state index in [1.807, 2.05) is 11.1 Å². The normalized spacial score (nSPS) is 14.9. The van der Waals surface area contributed by atoms with Gasteiger partial charge in [-0.1, -0.05) is 20.8 Å². The molecule has 7 nitrogen and oxygen atoms in total. The maximum atomic E-state index is 13.3. The lowest BCUT2D eigenvalue weighted by Crippen LogP contribution is -2.41. The number of benzene rings is 1. The highest BCUT2D eigenvalue weighted by Gasteiger charge is 2.36. The molecule has 0 aliphatic carbocycles. The van der Waals surface area contributed by atoms with Gasteiger partial charge in [0.1, 0.15) is 0 Å². The average molecular weight is 455 g/mol. The first kappa shape index (κ1) is 24.2. The van der Waals surface area contributed by atoms with E-state index in [4.69, 9.17) is 19.4 Å². The molecule has 2 aromatic rings. The van der Waals surface area contributed by atoms with Crippen LogP contribution in [0.15, 0.2) is 35.3 Å². The molecule has 0 N–H and O–H groups in total. The minimum atomic E-state index is -1.79. The predicted molar refractivity (Wildman–Crippen MR) is 129 cm³/mol. The summed E-state index contributed by atoms with van der Waals surface area (Å²) in [4.78, 5) is 20.0. The summed E-state index contributed by atoms with van der Waals surface area (Å²) in [5, 5.41) is 9.26. The summed E-state index contributed by atoms with van der Waals surface area (Å²) in [6.07, 6.45) is 3.39. The molecule has 1 fully saturated rings. The van der Waals surface area contributed by atoms with Crippen LogP contribution < -0.4 is 10.5 Å². The fourth-order valence-electron chi connectivity index (χ4n) is 3.32. The number of aryl methyl sites for hydroxylation is 1. The molecule has 1 aromatic heterocycles. The van der Waals surface area contributed by atoms with E-state index in [9.17, 15) is 4.79 Å². The highest BCUT2D eigenvalue weighted by Crippen LogP contribution is 2.36. The Bertz CT molecular complexity index is 1010. The zero-order valence-corrected chi connectivity index (χ0v) is 20.9. The van der Waals surface area contributed by atoms with E-state index in [-0.39, 0.29) is 10.6 Å². The monoisotopic (exact) mass is 454 g/mol. The van der Waals surface area contributed by atoms with E-state index in [1.54, 1.807) is 28.8 Å². The smallest absolute Gasteiger partial charge is 0.298 e. The summed E-state index contributed by atoms with van der Waals surface area (Å²) in [5.41, 5.74) is 1.99. The van der Waals surface area contributed by atoms with Crippen molar-refractivity contribution in [3.63, 3.8) is 0 Å². The molecule has 0 unspecified atom stereocenters. The van der Waals surface area contributed by atoms with Gasteiger partial charge in [-0.3, -0.25) is 9.36 Å². The van der Waals surface area contributed by atoms with Gasteiger partial charge in [0.15, 0.2) is 14.1 Å². The summed E-state index contributed by atoms with van der Waals surface area (Å²) in [5.74, 6) is 0.459. The first-order chi connectivity index (χ1) is 15.1. The van der Waals surface area contributed by atoms with Crippen LogP contribution in [-0.4, -0.2) is 50.8 Å². The molecule has 0 saturated carbocycles. The number of aromatic nitrogens is 2. The van der Waals surface area contributed by atoms with Gasteiger partial charge in [0.2, 0.25) is 0 Å². The molecule has 32 heavy (non-hydrogen) atoms. The lowest BCUT2D eigenvalue weighted by atomic mass is 10.2. The molecule has 1 aliphatic rings. The van der Waals surface area contributed by atoms with Crippen LogP contribution in [0.4, 0.5) is 5.82 Å². The molecule has 2 heterocycles. The Labute approximate surface area is 191 Å². The first-order valence-corrected chi connectivity index (χ1v) is 14.1. The fraction of sp³-hybridized carbons (Fsp3) is 0.542. The third-order valence-corrected chi connectivity index (χ3v) is 10.9. The number of nitrogens with zero attached hydrogens (tertiary/aromatic N) is 4. The third kappa shape index (κ3) is 5.65. The number of ether oxygens (including phenoxy) is 1. The van der Waals surface area contributed by atoms with Crippen molar-refractivity contribution in [1.29, 1.82) is 5.26 Å². The maximum Gasteiger partial charge on any atom is 0.298 e.